The molecule has 1 fully saturated rings. The number of likely N-dealkylation sites (tertiary alicyclic amines) is 1. The molecule has 1 aliphatic rings. The molecule has 1 unspecified atom stereocenters. The number of sulfonamides is 1. The van der Waals surface area contributed by atoms with Crippen LogP contribution in [0.2, 0.25) is 0 Å². The molecule has 8 heteroatoms. The number of hydrogen-bond donors (Lipinski definition) is 1. The second-order valence-corrected chi connectivity index (χ2v) is 10.5. The standard InChI is InChI=1S/C25H30N4O3S/c1-27-16-6-10-23(27)24-11-7-17-29(24)19-25(30)26-21-12-14-22(15-13-21)33(31,32)28(2)18-20-8-4-3-5-9-20/h3-6,8-10,12-16,24H,7,11,17-19H2,1-2H3,(H,26,30). The van der Waals surface area contributed by atoms with E-state index in [4.69, 9.17) is 0 Å². The molecule has 0 radical (unpaired) electrons. The maximum atomic E-state index is 12.9. The molecule has 1 atom stereocenters. The number of nitrogens with zero attached hydrogens (tertiary/aromatic N) is 3. The van der Waals surface area contributed by atoms with Crippen LogP contribution >= 0.6 is 0 Å². The van der Waals surface area contributed by atoms with Crippen molar-refractivity contribution in [3.8, 4) is 0 Å². The Morgan fingerprint density at radius 1 is 1.06 bits per heavy atom. The Morgan fingerprint density at radius 3 is 2.45 bits per heavy atom. The first-order valence-electron chi connectivity index (χ1n) is 11.1. The van der Waals surface area contributed by atoms with Gasteiger partial charge in [-0.3, -0.25) is 9.69 Å². The lowest BCUT2D eigenvalue weighted by Crippen LogP contribution is -2.33. The van der Waals surface area contributed by atoms with Crippen molar-refractivity contribution in [2.24, 2.45) is 7.05 Å². The minimum absolute atomic E-state index is 0.104. The summed E-state index contributed by atoms with van der Waals surface area (Å²) < 4.78 is 29.2. The molecule has 3 aromatic rings. The van der Waals surface area contributed by atoms with Crippen molar-refractivity contribution >= 4 is 21.6 Å². The number of carbonyl (C=O) groups excluding carboxylic acids is 1. The lowest BCUT2D eigenvalue weighted by Gasteiger charge is -2.24. The highest BCUT2D eigenvalue weighted by Crippen LogP contribution is 2.31. The van der Waals surface area contributed by atoms with Gasteiger partial charge in [0, 0.05) is 38.2 Å². The fourth-order valence-corrected chi connectivity index (χ4v) is 5.53. The number of carbonyl (C=O) groups is 1. The van der Waals surface area contributed by atoms with Gasteiger partial charge in [0.15, 0.2) is 0 Å². The molecule has 33 heavy (non-hydrogen) atoms. The van der Waals surface area contributed by atoms with Crippen LogP contribution < -0.4 is 5.32 Å². The maximum absolute atomic E-state index is 12.9. The van der Waals surface area contributed by atoms with Gasteiger partial charge in [-0.2, -0.15) is 4.31 Å². The van der Waals surface area contributed by atoms with Crippen molar-refractivity contribution in [2.75, 3.05) is 25.5 Å². The monoisotopic (exact) mass is 466 g/mol. The van der Waals surface area contributed by atoms with Crippen molar-refractivity contribution in [3.05, 3.63) is 84.2 Å². The normalized spacial score (nSPS) is 16.9. The molecular weight excluding hydrogens is 436 g/mol. The molecule has 174 valence electrons. The Morgan fingerprint density at radius 2 is 1.79 bits per heavy atom. The summed E-state index contributed by atoms with van der Waals surface area (Å²) in [6.45, 7) is 1.48. The Hall–Kier alpha value is -2.94. The summed E-state index contributed by atoms with van der Waals surface area (Å²) in [6.07, 6.45) is 4.12. The Kier molecular flexibility index (Phi) is 6.97. The summed E-state index contributed by atoms with van der Waals surface area (Å²) in [5.74, 6) is -0.104. The third-order valence-corrected chi connectivity index (χ3v) is 7.95. The summed E-state index contributed by atoms with van der Waals surface area (Å²) in [5.41, 5.74) is 2.72. The lowest BCUT2D eigenvalue weighted by atomic mass is 10.1. The molecule has 0 spiro atoms. The molecule has 1 amide bonds. The first kappa shape index (κ1) is 23.2. The van der Waals surface area contributed by atoms with Gasteiger partial charge in [-0.1, -0.05) is 30.3 Å². The number of anilines is 1. The maximum Gasteiger partial charge on any atom is 0.243 e. The third-order valence-electron chi connectivity index (χ3n) is 6.13. The molecule has 2 heterocycles. The van der Waals surface area contributed by atoms with Gasteiger partial charge in [-0.25, -0.2) is 8.42 Å². The van der Waals surface area contributed by atoms with E-state index in [1.165, 1.54) is 22.1 Å². The van der Waals surface area contributed by atoms with Gasteiger partial charge in [-0.05, 0) is 61.3 Å². The van der Waals surface area contributed by atoms with Crippen molar-refractivity contribution < 1.29 is 13.2 Å². The van der Waals surface area contributed by atoms with Crippen LogP contribution in [0.15, 0.2) is 77.8 Å². The second kappa shape index (κ2) is 9.91. The third kappa shape index (κ3) is 5.35. The average molecular weight is 467 g/mol. The zero-order valence-corrected chi connectivity index (χ0v) is 19.8. The van der Waals surface area contributed by atoms with Crippen LogP contribution in [0.25, 0.3) is 0 Å². The van der Waals surface area contributed by atoms with E-state index >= 15 is 0 Å². The van der Waals surface area contributed by atoms with Crippen LogP contribution in [0, 0.1) is 0 Å². The average Bonchev–Trinajstić information content (AvgIpc) is 3.43. The highest BCUT2D eigenvalue weighted by atomic mass is 32.2. The van der Waals surface area contributed by atoms with Gasteiger partial charge < -0.3 is 9.88 Å². The van der Waals surface area contributed by atoms with E-state index in [-0.39, 0.29) is 16.8 Å². The predicted octanol–water partition coefficient (Wildman–Crippen LogP) is 3.62. The zero-order chi connectivity index (χ0) is 23.4. The van der Waals surface area contributed by atoms with E-state index in [2.05, 4.69) is 20.9 Å². The van der Waals surface area contributed by atoms with E-state index in [1.54, 1.807) is 19.2 Å². The molecule has 0 aliphatic carbocycles. The van der Waals surface area contributed by atoms with E-state index in [9.17, 15) is 13.2 Å². The number of hydrogen-bond acceptors (Lipinski definition) is 4. The minimum atomic E-state index is -3.63. The van der Waals surface area contributed by atoms with Crippen LogP contribution in [-0.4, -0.2) is 48.2 Å². The number of amides is 1. The summed E-state index contributed by atoms with van der Waals surface area (Å²) in [4.78, 5) is 15.1. The van der Waals surface area contributed by atoms with Crippen LogP contribution in [-0.2, 0) is 28.4 Å². The predicted molar refractivity (Wildman–Crippen MR) is 129 cm³/mol. The number of aromatic nitrogens is 1. The van der Waals surface area contributed by atoms with Gasteiger partial charge in [0.25, 0.3) is 0 Å². The summed E-state index contributed by atoms with van der Waals surface area (Å²) >= 11 is 0. The lowest BCUT2D eigenvalue weighted by molar-refractivity contribution is -0.117. The molecule has 1 saturated heterocycles. The SMILES string of the molecule is CN(Cc1ccccc1)S(=O)(=O)c1ccc(NC(=O)CN2CCCC2c2cccn2C)cc1. The van der Waals surface area contributed by atoms with Crippen LogP contribution in [0.3, 0.4) is 0 Å². The number of aryl methyl sites for hydroxylation is 1. The fraction of sp³-hybridized carbons (Fsp3) is 0.320. The Labute approximate surface area is 195 Å². The first-order chi connectivity index (χ1) is 15.8. The van der Waals surface area contributed by atoms with Crippen molar-refractivity contribution in [3.63, 3.8) is 0 Å². The highest BCUT2D eigenvalue weighted by molar-refractivity contribution is 7.89. The quantitative estimate of drug-likeness (QED) is 0.550. The van der Waals surface area contributed by atoms with Crippen molar-refractivity contribution in [1.29, 1.82) is 0 Å². The summed E-state index contributed by atoms with van der Waals surface area (Å²) in [5, 5.41) is 2.90. The minimum Gasteiger partial charge on any atom is -0.353 e. The topological polar surface area (TPSA) is 74.7 Å². The molecule has 1 aliphatic heterocycles. The fourth-order valence-electron chi connectivity index (χ4n) is 4.37. The van der Waals surface area contributed by atoms with Crippen molar-refractivity contribution in [2.45, 2.75) is 30.3 Å². The van der Waals surface area contributed by atoms with Gasteiger partial charge in [0.1, 0.15) is 0 Å². The van der Waals surface area contributed by atoms with Crippen molar-refractivity contribution in [1.82, 2.24) is 13.8 Å². The molecule has 2 aromatic carbocycles. The smallest absolute Gasteiger partial charge is 0.243 e. The van der Waals surface area contributed by atoms with E-state index < -0.39 is 10.0 Å². The summed E-state index contributed by atoms with van der Waals surface area (Å²) in [6, 6.07) is 20.2. The Bertz CT molecular complexity index is 1190. The van der Waals surface area contributed by atoms with E-state index in [0.717, 1.165) is 24.9 Å². The molecule has 1 aromatic heterocycles. The largest absolute Gasteiger partial charge is 0.353 e. The molecule has 7 nitrogen and oxygen atoms in total. The number of rotatable bonds is 8. The van der Waals surface area contributed by atoms with Gasteiger partial charge in [-0.15, -0.1) is 0 Å². The summed E-state index contributed by atoms with van der Waals surface area (Å²) in [7, 11) is -0.0342. The number of benzene rings is 2. The van der Waals surface area contributed by atoms with Gasteiger partial charge >= 0.3 is 0 Å². The molecule has 0 saturated carbocycles. The van der Waals surface area contributed by atoms with E-state index in [1.807, 2.05) is 49.6 Å². The molecule has 4 rings (SSSR count). The van der Waals surface area contributed by atoms with Crippen LogP contribution in [0.5, 0.6) is 0 Å². The van der Waals surface area contributed by atoms with Crippen LogP contribution in [0.1, 0.15) is 30.1 Å². The van der Waals surface area contributed by atoms with E-state index in [0.29, 0.717) is 18.8 Å². The van der Waals surface area contributed by atoms with Gasteiger partial charge in [0.2, 0.25) is 15.9 Å². The molecule has 0 bridgehead atoms. The molecule has 1 N–H and O–H groups in total. The zero-order valence-electron chi connectivity index (χ0n) is 19.0. The Balaban J connectivity index is 1.37. The highest BCUT2D eigenvalue weighted by Gasteiger charge is 2.29. The molecular formula is C25H30N4O3S. The first-order valence-corrected chi connectivity index (χ1v) is 12.5. The number of nitrogens with one attached hydrogen (secondary N) is 1. The van der Waals surface area contributed by atoms with Gasteiger partial charge in [0.05, 0.1) is 17.5 Å². The second-order valence-electron chi connectivity index (χ2n) is 8.49. The van der Waals surface area contributed by atoms with Crippen LogP contribution in [0.4, 0.5) is 5.69 Å².